The normalized spacial score (nSPS) is 10.4. The third kappa shape index (κ3) is 5.88. The fourth-order valence-electron chi connectivity index (χ4n) is 3.17. The molecule has 3 aromatic rings. The lowest BCUT2D eigenvalue weighted by molar-refractivity contribution is -0.384. The molecule has 0 aliphatic heterocycles. The molecular weight excluding hydrogens is 417 g/mol. The predicted molar refractivity (Wildman–Crippen MR) is 116 cm³/mol. The number of benzene rings is 3. The van der Waals surface area contributed by atoms with Crippen molar-refractivity contribution in [3.8, 4) is 0 Å². The molecule has 2 N–H and O–H groups in total. The van der Waals surface area contributed by atoms with Crippen LogP contribution < -0.4 is 5.32 Å². The first-order valence-corrected chi connectivity index (χ1v) is 9.66. The number of nitrogens with zero attached hydrogens (tertiary/aromatic N) is 2. The molecule has 0 bridgehead atoms. The summed E-state index contributed by atoms with van der Waals surface area (Å²) < 4.78 is 14.1. The van der Waals surface area contributed by atoms with E-state index in [4.69, 9.17) is 0 Å². The lowest BCUT2D eigenvalue weighted by Crippen LogP contribution is -2.36. The van der Waals surface area contributed by atoms with Gasteiger partial charge in [-0.05, 0) is 28.8 Å². The molecule has 0 aromatic heterocycles. The second kappa shape index (κ2) is 10.2. The first kappa shape index (κ1) is 22.4. The summed E-state index contributed by atoms with van der Waals surface area (Å²) in [5, 5.41) is 23.2. The summed E-state index contributed by atoms with van der Waals surface area (Å²) in [5.74, 6) is -1.09. The van der Waals surface area contributed by atoms with E-state index in [0.29, 0.717) is 11.1 Å². The number of hydrogen-bond donors (Lipinski definition) is 2. The Hall–Kier alpha value is -4.27. The third-order valence-corrected chi connectivity index (χ3v) is 4.73. The van der Waals surface area contributed by atoms with Gasteiger partial charge in [-0.2, -0.15) is 0 Å². The van der Waals surface area contributed by atoms with Crippen LogP contribution in [0.4, 0.5) is 20.6 Å². The highest BCUT2D eigenvalue weighted by Crippen LogP contribution is 2.26. The number of nitrogens with one attached hydrogen (secondary N) is 1. The third-order valence-electron chi connectivity index (χ3n) is 4.73. The van der Waals surface area contributed by atoms with Gasteiger partial charge in [-0.3, -0.25) is 19.8 Å². The Morgan fingerprint density at radius 3 is 2.34 bits per heavy atom. The average Bonchev–Trinajstić information content (AvgIpc) is 2.76. The SMILES string of the molecule is O=C(CN(Cc1ccccc1)C(=O)O)Nc1ccc([N+](=O)[O-])cc1Cc1ccccc1F. The number of anilines is 1. The quantitative estimate of drug-likeness (QED) is 0.400. The number of carbonyl (C=O) groups excluding carboxylic acids is 1. The number of hydrogen-bond acceptors (Lipinski definition) is 4. The average molecular weight is 437 g/mol. The van der Waals surface area contributed by atoms with Crippen molar-refractivity contribution in [1.82, 2.24) is 4.90 Å². The van der Waals surface area contributed by atoms with Crippen LogP contribution in [0.3, 0.4) is 0 Å². The topological polar surface area (TPSA) is 113 Å². The minimum absolute atomic E-state index is 0.0105. The number of halogens is 1. The maximum absolute atomic E-state index is 14.1. The lowest BCUT2D eigenvalue weighted by Gasteiger charge is -2.19. The van der Waals surface area contributed by atoms with Crippen molar-refractivity contribution in [3.63, 3.8) is 0 Å². The fraction of sp³-hybridized carbons (Fsp3) is 0.130. The van der Waals surface area contributed by atoms with Gasteiger partial charge < -0.3 is 10.4 Å². The number of nitro groups is 1. The Bertz CT molecular complexity index is 1140. The molecule has 0 saturated carbocycles. The standard InChI is InChI=1S/C23H20FN3O5/c24-20-9-5-4-8-17(20)12-18-13-19(27(31)32)10-11-21(18)25-22(28)15-26(23(29)30)14-16-6-2-1-3-7-16/h1-11,13H,12,14-15H2,(H,25,28)(H,29,30). The minimum atomic E-state index is -1.26. The lowest BCUT2D eigenvalue weighted by atomic mass is 10.0. The molecule has 3 rings (SSSR count). The first-order valence-electron chi connectivity index (χ1n) is 9.66. The molecule has 32 heavy (non-hydrogen) atoms. The van der Waals surface area contributed by atoms with E-state index in [1.54, 1.807) is 42.5 Å². The van der Waals surface area contributed by atoms with Crippen LogP contribution in [0.25, 0.3) is 0 Å². The molecule has 9 heteroatoms. The number of carboxylic acid groups (broad SMARTS) is 1. The zero-order valence-corrected chi connectivity index (χ0v) is 16.9. The second-order valence-corrected chi connectivity index (χ2v) is 7.04. The Balaban J connectivity index is 1.80. The van der Waals surface area contributed by atoms with Crippen molar-refractivity contribution >= 4 is 23.4 Å². The van der Waals surface area contributed by atoms with Crippen LogP contribution in [0.1, 0.15) is 16.7 Å². The molecule has 0 atom stereocenters. The molecule has 8 nitrogen and oxygen atoms in total. The highest BCUT2D eigenvalue weighted by Gasteiger charge is 2.19. The van der Waals surface area contributed by atoms with Crippen LogP contribution in [0.2, 0.25) is 0 Å². The molecule has 0 aliphatic carbocycles. The van der Waals surface area contributed by atoms with Gasteiger partial charge in [-0.25, -0.2) is 9.18 Å². The van der Waals surface area contributed by atoms with E-state index in [-0.39, 0.29) is 24.3 Å². The maximum atomic E-state index is 14.1. The summed E-state index contributed by atoms with van der Waals surface area (Å²) in [7, 11) is 0. The van der Waals surface area contributed by atoms with Gasteiger partial charge in [0, 0.05) is 30.8 Å². The van der Waals surface area contributed by atoms with Crippen LogP contribution in [-0.2, 0) is 17.8 Å². The van der Waals surface area contributed by atoms with Gasteiger partial charge in [-0.1, -0.05) is 48.5 Å². The number of carbonyl (C=O) groups is 2. The molecule has 164 valence electrons. The number of non-ortho nitro benzene ring substituents is 1. The van der Waals surface area contributed by atoms with E-state index in [1.807, 2.05) is 0 Å². The Morgan fingerprint density at radius 1 is 1.00 bits per heavy atom. The molecule has 0 radical (unpaired) electrons. The van der Waals surface area contributed by atoms with Gasteiger partial charge in [0.25, 0.3) is 5.69 Å². The van der Waals surface area contributed by atoms with Crippen LogP contribution in [0.15, 0.2) is 72.8 Å². The molecule has 0 heterocycles. The van der Waals surface area contributed by atoms with Gasteiger partial charge in [0.05, 0.1) is 4.92 Å². The van der Waals surface area contributed by atoms with E-state index in [1.165, 1.54) is 30.3 Å². The van der Waals surface area contributed by atoms with Crippen molar-refractivity contribution in [2.24, 2.45) is 0 Å². The van der Waals surface area contributed by atoms with Crippen molar-refractivity contribution < 1.29 is 24.0 Å². The summed E-state index contributed by atoms with van der Waals surface area (Å²) in [6.45, 7) is -0.424. The maximum Gasteiger partial charge on any atom is 0.408 e. The molecule has 2 amide bonds. The monoisotopic (exact) mass is 437 g/mol. The summed E-state index contributed by atoms with van der Waals surface area (Å²) >= 11 is 0. The second-order valence-electron chi connectivity index (χ2n) is 7.04. The van der Waals surface area contributed by atoms with Gasteiger partial charge in [0.15, 0.2) is 0 Å². The fourth-order valence-corrected chi connectivity index (χ4v) is 3.17. The highest BCUT2D eigenvalue weighted by molar-refractivity contribution is 5.94. The molecule has 0 saturated heterocycles. The Labute approximate surface area is 183 Å². The highest BCUT2D eigenvalue weighted by atomic mass is 19.1. The predicted octanol–water partition coefficient (Wildman–Crippen LogP) is 4.44. The smallest absolute Gasteiger partial charge is 0.408 e. The van der Waals surface area contributed by atoms with Gasteiger partial charge >= 0.3 is 6.09 Å². The molecule has 0 aliphatic rings. The van der Waals surface area contributed by atoms with Crippen molar-refractivity contribution in [2.75, 3.05) is 11.9 Å². The van der Waals surface area contributed by atoms with E-state index in [0.717, 1.165) is 10.5 Å². The molecule has 0 unspecified atom stereocenters. The molecule has 0 spiro atoms. The van der Waals surface area contributed by atoms with E-state index in [9.17, 15) is 29.2 Å². The van der Waals surface area contributed by atoms with Crippen molar-refractivity contribution in [3.05, 3.63) is 105 Å². The van der Waals surface area contributed by atoms with Crippen LogP contribution in [-0.4, -0.2) is 33.5 Å². The minimum Gasteiger partial charge on any atom is -0.465 e. The summed E-state index contributed by atoms with van der Waals surface area (Å²) in [6, 6.07) is 18.7. The van der Waals surface area contributed by atoms with Gasteiger partial charge in [0.2, 0.25) is 5.91 Å². The summed E-state index contributed by atoms with van der Waals surface area (Å²) in [4.78, 5) is 35.7. The van der Waals surface area contributed by atoms with E-state index >= 15 is 0 Å². The Morgan fingerprint density at radius 2 is 1.69 bits per heavy atom. The molecule has 3 aromatic carbocycles. The van der Waals surface area contributed by atoms with Crippen LogP contribution in [0.5, 0.6) is 0 Å². The van der Waals surface area contributed by atoms with Crippen molar-refractivity contribution in [1.29, 1.82) is 0 Å². The van der Waals surface area contributed by atoms with E-state index in [2.05, 4.69) is 5.32 Å². The number of nitro benzene ring substituents is 1. The zero-order chi connectivity index (χ0) is 23.1. The van der Waals surface area contributed by atoms with Crippen LogP contribution >= 0.6 is 0 Å². The van der Waals surface area contributed by atoms with E-state index < -0.39 is 29.3 Å². The van der Waals surface area contributed by atoms with Gasteiger partial charge in [-0.15, -0.1) is 0 Å². The molecule has 0 fully saturated rings. The van der Waals surface area contributed by atoms with Crippen LogP contribution in [0, 0.1) is 15.9 Å². The zero-order valence-electron chi connectivity index (χ0n) is 16.9. The largest absolute Gasteiger partial charge is 0.465 e. The molecular formula is C23H20FN3O5. The summed E-state index contributed by atoms with van der Waals surface area (Å²) in [5.41, 5.74) is 1.40. The number of rotatable bonds is 8. The first-order chi connectivity index (χ1) is 15.3. The van der Waals surface area contributed by atoms with Crippen molar-refractivity contribution in [2.45, 2.75) is 13.0 Å². The summed E-state index contributed by atoms with van der Waals surface area (Å²) in [6.07, 6.45) is -1.25. The van der Waals surface area contributed by atoms with Gasteiger partial charge in [0.1, 0.15) is 12.4 Å². The Kier molecular flexibility index (Phi) is 7.12. The number of amides is 2.